The smallest absolute Gasteiger partial charge is 0.163 e. The second-order valence-electron chi connectivity index (χ2n) is 4.39. The first-order valence-electron chi connectivity index (χ1n) is 5.29. The van der Waals surface area contributed by atoms with Gasteiger partial charge >= 0.3 is 0 Å². The summed E-state index contributed by atoms with van der Waals surface area (Å²) in [6, 6.07) is 2.81. The summed E-state index contributed by atoms with van der Waals surface area (Å²) < 4.78 is 26.8. The Balaban J connectivity index is 0.00000128. The van der Waals surface area contributed by atoms with Crippen molar-refractivity contribution in [1.29, 1.82) is 0 Å². The summed E-state index contributed by atoms with van der Waals surface area (Å²) in [7, 11) is 0. The molecule has 1 nitrogen and oxygen atoms in total. The van der Waals surface area contributed by atoms with Crippen molar-refractivity contribution in [3.05, 3.63) is 34.9 Å². The second-order valence-corrected chi connectivity index (χ2v) is 4.39. The minimum atomic E-state index is -0.775. The summed E-state index contributed by atoms with van der Waals surface area (Å²) in [5, 5.41) is 0. The van der Waals surface area contributed by atoms with Crippen LogP contribution in [0.2, 0.25) is 0 Å². The lowest BCUT2D eigenvalue weighted by molar-refractivity contribution is 0.474. The zero-order valence-corrected chi connectivity index (χ0v) is 9.99. The average Bonchev–Trinajstić information content (AvgIpc) is 2.98. The van der Waals surface area contributed by atoms with Gasteiger partial charge in [0.1, 0.15) is 0 Å². The molecule has 1 fully saturated rings. The van der Waals surface area contributed by atoms with Crippen molar-refractivity contribution in [2.24, 2.45) is 11.7 Å². The van der Waals surface area contributed by atoms with Crippen LogP contribution in [0.5, 0.6) is 0 Å². The number of benzene rings is 1. The molecular formula is C12H16ClF2N. The Kier molecular flexibility index (Phi) is 4.28. The van der Waals surface area contributed by atoms with Crippen molar-refractivity contribution in [1.82, 2.24) is 0 Å². The normalized spacial score (nSPS) is 16.8. The van der Waals surface area contributed by atoms with Gasteiger partial charge in [-0.2, -0.15) is 0 Å². The number of hydrogen-bond acceptors (Lipinski definition) is 1. The largest absolute Gasteiger partial charge is 0.324 e. The molecule has 90 valence electrons. The molecule has 1 aliphatic rings. The molecule has 0 amide bonds. The van der Waals surface area contributed by atoms with Gasteiger partial charge < -0.3 is 5.73 Å². The molecule has 1 aliphatic carbocycles. The number of aryl methyl sites for hydroxylation is 1. The zero-order valence-electron chi connectivity index (χ0n) is 9.17. The van der Waals surface area contributed by atoms with Gasteiger partial charge in [0.05, 0.1) is 0 Å². The molecule has 0 saturated heterocycles. The third-order valence-corrected chi connectivity index (χ3v) is 2.99. The lowest BCUT2D eigenvalue weighted by Gasteiger charge is -2.13. The van der Waals surface area contributed by atoms with Gasteiger partial charge in [0.25, 0.3) is 0 Å². The fourth-order valence-electron chi connectivity index (χ4n) is 1.79. The van der Waals surface area contributed by atoms with Crippen molar-refractivity contribution in [3.8, 4) is 0 Å². The van der Waals surface area contributed by atoms with E-state index in [4.69, 9.17) is 5.73 Å². The van der Waals surface area contributed by atoms with Gasteiger partial charge in [-0.1, -0.05) is 25.0 Å². The topological polar surface area (TPSA) is 26.0 Å². The monoisotopic (exact) mass is 247 g/mol. The molecule has 2 N–H and O–H groups in total. The van der Waals surface area contributed by atoms with E-state index < -0.39 is 11.6 Å². The van der Waals surface area contributed by atoms with E-state index in [1.54, 1.807) is 19.1 Å². The van der Waals surface area contributed by atoms with E-state index in [1.165, 1.54) is 12.8 Å². The Bertz CT molecular complexity index is 378. The van der Waals surface area contributed by atoms with Crippen LogP contribution in [0.3, 0.4) is 0 Å². The van der Waals surface area contributed by atoms with Crippen LogP contribution in [-0.2, 0) is 0 Å². The fourth-order valence-corrected chi connectivity index (χ4v) is 1.79. The summed E-state index contributed by atoms with van der Waals surface area (Å²) >= 11 is 0. The molecule has 4 heteroatoms. The number of halogens is 3. The number of nitrogens with two attached hydrogens (primary N) is 1. The average molecular weight is 248 g/mol. The second kappa shape index (κ2) is 5.11. The first-order chi connectivity index (χ1) is 7.09. The van der Waals surface area contributed by atoms with Crippen LogP contribution in [0.1, 0.15) is 36.4 Å². The van der Waals surface area contributed by atoms with Crippen LogP contribution in [-0.4, -0.2) is 0 Å². The molecule has 0 heterocycles. The van der Waals surface area contributed by atoms with Gasteiger partial charge in [-0.15, -0.1) is 12.4 Å². The van der Waals surface area contributed by atoms with Gasteiger partial charge in [-0.25, -0.2) is 8.78 Å². The molecule has 1 aromatic rings. The van der Waals surface area contributed by atoms with Crippen molar-refractivity contribution >= 4 is 12.4 Å². The Labute approximate surface area is 100 Å². The van der Waals surface area contributed by atoms with E-state index in [0.717, 1.165) is 6.42 Å². The molecule has 0 bridgehead atoms. The summed E-state index contributed by atoms with van der Waals surface area (Å²) in [5.74, 6) is -0.925. The van der Waals surface area contributed by atoms with E-state index >= 15 is 0 Å². The van der Waals surface area contributed by atoms with Crippen LogP contribution in [0.15, 0.2) is 12.1 Å². The van der Waals surface area contributed by atoms with Crippen LogP contribution < -0.4 is 5.73 Å². The molecule has 0 unspecified atom stereocenters. The van der Waals surface area contributed by atoms with Crippen LogP contribution in [0, 0.1) is 24.5 Å². The van der Waals surface area contributed by atoms with Crippen LogP contribution >= 0.6 is 12.4 Å². The fraction of sp³-hybridized carbons (Fsp3) is 0.500. The molecule has 1 aromatic carbocycles. The van der Waals surface area contributed by atoms with E-state index in [-0.39, 0.29) is 18.4 Å². The van der Waals surface area contributed by atoms with Gasteiger partial charge in [-0.05, 0) is 24.8 Å². The minimum Gasteiger partial charge on any atom is -0.324 e. The summed E-state index contributed by atoms with van der Waals surface area (Å²) in [6.07, 6.45) is 3.10. The minimum absolute atomic E-state index is 0. The number of rotatable bonds is 3. The summed E-state index contributed by atoms with van der Waals surface area (Å²) in [4.78, 5) is 0. The SMILES string of the molecule is Cc1ccc([C@H](N)CC2CC2)c(F)c1F.Cl. The van der Waals surface area contributed by atoms with Crippen molar-refractivity contribution in [2.75, 3.05) is 0 Å². The van der Waals surface area contributed by atoms with Crippen molar-refractivity contribution in [3.63, 3.8) is 0 Å². The molecular weight excluding hydrogens is 232 g/mol. The van der Waals surface area contributed by atoms with Gasteiger partial charge in [0.15, 0.2) is 11.6 Å². The summed E-state index contributed by atoms with van der Waals surface area (Å²) in [6.45, 7) is 1.55. The highest BCUT2D eigenvalue weighted by molar-refractivity contribution is 5.85. The molecule has 0 aromatic heterocycles. The third-order valence-electron chi connectivity index (χ3n) is 2.99. The molecule has 16 heavy (non-hydrogen) atoms. The highest BCUT2D eigenvalue weighted by Gasteiger charge is 2.26. The van der Waals surface area contributed by atoms with Crippen molar-refractivity contribution in [2.45, 2.75) is 32.2 Å². The maximum atomic E-state index is 13.5. The Morgan fingerprint density at radius 2 is 1.94 bits per heavy atom. The van der Waals surface area contributed by atoms with Crippen LogP contribution in [0.25, 0.3) is 0 Å². The maximum Gasteiger partial charge on any atom is 0.163 e. The maximum absolute atomic E-state index is 13.5. The first-order valence-corrected chi connectivity index (χ1v) is 5.29. The molecule has 0 aliphatic heterocycles. The Hall–Kier alpha value is -0.670. The predicted molar refractivity (Wildman–Crippen MR) is 62.6 cm³/mol. The third kappa shape index (κ3) is 2.71. The van der Waals surface area contributed by atoms with Crippen molar-refractivity contribution < 1.29 is 8.78 Å². The van der Waals surface area contributed by atoms with E-state index in [1.807, 2.05) is 0 Å². The quantitative estimate of drug-likeness (QED) is 0.869. The van der Waals surface area contributed by atoms with E-state index in [9.17, 15) is 8.78 Å². The lowest BCUT2D eigenvalue weighted by Crippen LogP contribution is -2.14. The zero-order chi connectivity index (χ0) is 11.0. The Morgan fingerprint density at radius 3 is 2.50 bits per heavy atom. The van der Waals surface area contributed by atoms with E-state index in [2.05, 4.69) is 0 Å². The molecule has 2 rings (SSSR count). The molecule has 1 saturated carbocycles. The van der Waals surface area contributed by atoms with E-state index in [0.29, 0.717) is 17.0 Å². The van der Waals surface area contributed by atoms with Gasteiger partial charge in [0.2, 0.25) is 0 Å². The molecule has 1 atom stereocenters. The first kappa shape index (κ1) is 13.4. The van der Waals surface area contributed by atoms with Crippen LogP contribution in [0.4, 0.5) is 8.78 Å². The predicted octanol–water partition coefficient (Wildman–Crippen LogP) is 3.49. The Morgan fingerprint density at radius 1 is 1.31 bits per heavy atom. The molecule has 0 spiro atoms. The summed E-state index contributed by atoms with van der Waals surface area (Å²) in [5.41, 5.74) is 6.49. The van der Waals surface area contributed by atoms with Gasteiger partial charge in [-0.3, -0.25) is 0 Å². The number of hydrogen-bond donors (Lipinski definition) is 1. The standard InChI is InChI=1S/C12H15F2N.ClH/c1-7-2-5-9(12(14)11(7)13)10(15)6-8-3-4-8;/h2,5,8,10H,3-4,6,15H2,1H3;1H/t10-;/m1./s1. The highest BCUT2D eigenvalue weighted by atomic mass is 35.5. The highest BCUT2D eigenvalue weighted by Crippen LogP contribution is 2.37. The lowest BCUT2D eigenvalue weighted by atomic mass is 10.00. The van der Waals surface area contributed by atoms with Gasteiger partial charge in [0, 0.05) is 11.6 Å². The molecule has 0 radical (unpaired) electrons.